The molecule has 0 fully saturated rings. The van der Waals surface area contributed by atoms with E-state index in [0.717, 1.165) is 12.1 Å². The lowest BCUT2D eigenvalue weighted by atomic mass is 10.0. The number of anilines is 5. The van der Waals surface area contributed by atoms with Crippen molar-refractivity contribution in [3.8, 4) is 0 Å². The van der Waals surface area contributed by atoms with Crippen molar-refractivity contribution in [2.24, 2.45) is 0 Å². The number of aromatic nitrogens is 2. The van der Waals surface area contributed by atoms with Crippen LogP contribution in [0.2, 0.25) is 0 Å². The van der Waals surface area contributed by atoms with Gasteiger partial charge in [0.1, 0.15) is 0 Å². The lowest BCUT2D eigenvalue weighted by molar-refractivity contribution is 1.05. The molecule has 12 aromatic rings. The fourth-order valence-electron chi connectivity index (χ4n) is 11.1. The fraction of sp³-hybridized carbons (Fsp3) is 0.119. The molecule has 4 aromatic heterocycles. The monoisotopic (exact) mass is 810 g/mol. The summed E-state index contributed by atoms with van der Waals surface area (Å²) in [5, 5.41) is 10.2. The molecular formula is C59H46N4. The second kappa shape index (κ2) is 13.0. The van der Waals surface area contributed by atoms with Crippen LogP contribution in [0.25, 0.3) is 76.2 Å². The minimum atomic E-state index is 0.931. The SMILES string of the molecule is CC1=CC=C(N(c2cc(C)ccc2C)c2cccc3c2c2cccc4c5cc6c(cc5n3c42)c2cccc3c4c(N(c5ccc(C)cc5)c5cc(C)ccc5C)cccc4n6c23)C1. The molecule has 0 atom stereocenters. The Morgan fingerprint density at radius 1 is 0.381 bits per heavy atom. The summed E-state index contributed by atoms with van der Waals surface area (Å²) in [5.41, 5.74) is 22.5. The summed E-state index contributed by atoms with van der Waals surface area (Å²) in [7, 11) is 0. The van der Waals surface area contributed by atoms with Crippen LogP contribution in [0.3, 0.4) is 0 Å². The molecule has 0 radical (unpaired) electrons. The van der Waals surface area contributed by atoms with E-state index >= 15 is 0 Å². The summed E-state index contributed by atoms with van der Waals surface area (Å²) in [4.78, 5) is 5.01. The molecule has 63 heavy (non-hydrogen) atoms. The molecule has 0 spiro atoms. The zero-order valence-corrected chi connectivity index (χ0v) is 36.5. The van der Waals surface area contributed by atoms with Crippen LogP contribution >= 0.6 is 0 Å². The topological polar surface area (TPSA) is 15.3 Å². The third-order valence-corrected chi connectivity index (χ3v) is 14.0. The van der Waals surface area contributed by atoms with Gasteiger partial charge in [0.15, 0.2) is 0 Å². The van der Waals surface area contributed by atoms with Crippen molar-refractivity contribution in [2.45, 2.75) is 48.0 Å². The van der Waals surface area contributed by atoms with Crippen LogP contribution in [-0.4, -0.2) is 8.80 Å². The first-order valence-corrected chi connectivity index (χ1v) is 22.2. The Hall–Kier alpha value is -7.56. The van der Waals surface area contributed by atoms with Gasteiger partial charge >= 0.3 is 0 Å². The second-order valence-electron chi connectivity index (χ2n) is 18.2. The van der Waals surface area contributed by atoms with E-state index in [-0.39, 0.29) is 0 Å². The van der Waals surface area contributed by atoms with Crippen molar-refractivity contribution in [3.63, 3.8) is 0 Å². The van der Waals surface area contributed by atoms with Gasteiger partial charge in [-0.05, 0) is 131 Å². The van der Waals surface area contributed by atoms with Crippen molar-refractivity contribution in [3.05, 3.63) is 197 Å². The molecule has 302 valence electrons. The Balaban J connectivity index is 1.09. The molecule has 1 aliphatic rings. The maximum Gasteiger partial charge on any atom is 0.0621 e. The molecule has 0 N–H and O–H groups in total. The smallest absolute Gasteiger partial charge is 0.0621 e. The minimum Gasteiger partial charge on any atom is -0.313 e. The van der Waals surface area contributed by atoms with Crippen molar-refractivity contribution < 1.29 is 0 Å². The van der Waals surface area contributed by atoms with E-state index in [1.165, 1.54) is 138 Å². The maximum atomic E-state index is 2.56. The molecule has 1 aliphatic carbocycles. The standard InChI is InChI=1S/C59H46N4/c1-34-21-26-40(27-22-34)60(52-30-36(3)19-24-38(52)5)48-15-9-17-50-56(48)44-13-7-11-42-46-33-55-47(32-54(46)62(50)58(42)44)43-12-8-14-45-57-49(16-10-18-51(57)63(55)59(43)45)61(41-28-23-35(2)29-41)53-31-37(4)20-25-39(53)6/h7-28,30-33H,29H2,1-6H3. The highest BCUT2D eigenvalue weighted by Crippen LogP contribution is 2.50. The first-order valence-electron chi connectivity index (χ1n) is 22.2. The number of para-hydroxylation sites is 2. The Morgan fingerprint density at radius 3 is 1.38 bits per heavy atom. The van der Waals surface area contributed by atoms with E-state index in [9.17, 15) is 0 Å². The van der Waals surface area contributed by atoms with Gasteiger partial charge in [0, 0.05) is 72.3 Å². The van der Waals surface area contributed by atoms with Crippen LogP contribution in [0.1, 0.15) is 41.2 Å². The van der Waals surface area contributed by atoms with E-state index in [4.69, 9.17) is 0 Å². The van der Waals surface area contributed by atoms with Crippen molar-refractivity contribution in [1.82, 2.24) is 8.80 Å². The third kappa shape index (κ3) is 4.98. The molecule has 0 saturated carbocycles. The highest BCUT2D eigenvalue weighted by molar-refractivity contribution is 6.31. The molecule has 8 aromatic carbocycles. The number of benzene rings is 8. The van der Waals surface area contributed by atoms with E-state index < -0.39 is 0 Å². The van der Waals surface area contributed by atoms with Crippen LogP contribution in [0.5, 0.6) is 0 Å². The van der Waals surface area contributed by atoms with Crippen LogP contribution in [0, 0.1) is 34.6 Å². The van der Waals surface area contributed by atoms with Crippen molar-refractivity contribution in [1.29, 1.82) is 0 Å². The molecule has 0 amide bonds. The first-order chi connectivity index (χ1) is 30.7. The normalized spacial score (nSPS) is 13.4. The largest absolute Gasteiger partial charge is 0.313 e. The van der Waals surface area contributed by atoms with E-state index in [2.05, 4.69) is 218 Å². The number of rotatable bonds is 6. The average Bonchev–Trinajstić information content (AvgIpc) is 4.10. The van der Waals surface area contributed by atoms with E-state index in [1.807, 2.05) is 0 Å². The summed E-state index contributed by atoms with van der Waals surface area (Å²) in [6.45, 7) is 13.3. The number of hydrogen-bond donors (Lipinski definition) is 0. The summed E-state index contributed by atoms with van der Waals surface area (Å²) < 4.78 is 5.10. The van der Waals surface area contributed by atoms with Gasteiger partial charge in [-0.2, -0.15) is 0 Å². The predicted octanol–water partition coefficient (Wildman–Crippen LogP) is 16.4. The van der Waals surface area contributed by atoms with Crippen LogP contribution < -0.4 is 9.80 Å². The second-order valence-corrected chi connectivity index (χ2v) is 18.2. The van der Waals surface area contributed by atoms with Crippen LogP contribution in [0.4, 0.5) is 28.4 Å². The van der Waals surface area contributed by atoms with E-state index in [0.29, 0.717) is 0 Å². The number of allylic oxidation sites excluding steroid dienone is 3. The Bertz CT molecular complexity index is 3950. The van der Waals surface area contributed by atoms with Crippen molar-refractivity contribution in [2.75, 3.05) is 9.80 Å². The molecule has 0 aliphatic heterocycles. The molecule has 0 unspecified atom stereocenters. The van der Waals surface area contributed by atoms with Gasteiger partial charge < -0.3 is 18.6 Å². The van der Waals surface area contributed by atoms with Gasteiger partial charge in [-0.1, -0.05) is 102 Å². The van der Waals surface area contributed by atoms with Gasteiger partial charge in [0.05, 0.1) is 44.5 Å². The number of aryl methyl sites for hydroxylation is 5. The maximum absolute atomic E-state index is 2.56. The zero-order chi connectivity index (χ0) is 42.4. The van der Waals surface area contributed by atoms with Crippen molar-refractivity contribution >= 4 is 105 Å². The Kier molecular flexibility index (Phi) is 7.44. The van der Waals surface area contributed by atoms with Crippen LogP contribution in [0.15, 0.2) is 169 Å². The Labute approximate surface area is 366 Å². The van der Waals surface area contributed by atoms with Gasteiger partial charge in [-0.15, -0.1) is 0 Å². The number of nitrogens with zero attached hydrogens (tertiary/aromatic N) is 4. The zero-order valence-electron chi connectivity index (χ0n) is 36.5. The minimum absolute atomic E-state index is 0.931. The van der Waals surface area contributed by atoms with Gasteiger partial charge in [0.2, 0.25) is 0 Å². The summed E-state index contributed by atoms with van der Waals surface area (Å²) in [6, 6.07) is 55.2. The quantitative estimate of drug-likeness (QED) is 0.166. The lowest BCUT2D eigenvalue weighted by Crippen LogP contribution is -2.17. The summed E-state index contributed by atoms with van der Waals surface area (Å²) >= 11 is 0. The Morgan fingerprint density at radius 2 is 0.857 bits per heavy atom. The molecule has 0 bridgehead atoms. The molecule has 13 rings (SSSR count). The summed E-state index contributed by atoms with van der Waals surface area (Å²) in [5.74, 6) is 0. The average molecular weight is 811 g/mol. The number of fused-ring (bicyclic) bond motifs is 12. The fourth-order valence-corrected chi connectivity index (χ4v) is 11.1. The first kappa shape index (κ1) is 36.1. The lowest BCUT2D eigenvalue weighted by Gasteiger charge is -2.29. The van der Waals surface area contributed by atoms with Crippen LogP contribution in [-0.2, 0) is 0 Å². The molecule has 4 heterocycles. The molecule has 4 heteroatoms. The highest BCUT2D eigenvalue weighted by atomic mass is 15.2. The van der Waals surface area contributed by atoms with Gasteiger partial charge in [-0.25, -0.2) is 0 Å². The van der Waals surface area contributed by atoms with E-state index in [1.54, 1.807) is 0 Å². The molecule has 0 saturated heterocycles. The highest BCUT2D eigenvalue weighted by Gasteiger charge is 2.28. The molecule has 4 nitrogen and oxygen atoms in total. The predicted molar refractivity (Wildman–Crippen MR) is 269 cm³/mol. The van der Waals surface area contributed by atoms with Gasteiger partial charge in [0.25, 0.3) is 0 Å². The number of hydrogen-bond acceptors (Lipinski definition) is 2. The molecular weight excluding hydrogens is 765 g/mol. The van der Waals surface area contributed by atoms with Gasteiger partial charge in [-0.3, -0.25) is 0 Å². The summed E-state index contributed by atoms with van der Waals surface area (Å²) in [6.07, 6.45) is 5.53. The third-order valence-electron chi connectivity index (χ3n) is 14.0.